The fourth-order valence-corrected chi connectivity index (χ4v) is 3.57. The molecule has 1 aromatic carbocycles. The third-order valence-corrected chi connectivity index (χ3v) is 5.01. The molecule has 0 aliphatic heterocycles. The van der Waals surface area contributed by atoms with Gasteiger partial charge in [-0.3, -0.25) is 9.78 Å². The van der Waals surface area contributed by atoms with E-state index in [0.29, 0.717) is 13.1 Å². The number of carbonyl (C=O) groups excluding carboxylic acids is 2. The minimum Gasteiger partial charge on any atom is -0.356 e. The number of hydrogen-bond acceptors (Lipinski definition) is 3. The van der Waals surface area contributed by atoms with Crippen LogP contribution in [0.3, 0.4) is 0 Å². The van der Waals surface area contributed by atoms with Crippen molar-refractivity contribution in [3.8, 4) is 0 Å². The van der Waals surface area contributed by atoms with Crippen LogP contribution in [0, 0.1) is 0 Å². The number of amides is 3. The first kappa shape index (κ1) is 19.1. The third-order valence-electron chi connectivity index (χ3n) is 5.01. The lowest BCUT2D eigenvalue weighted by atomic mass is 9.96. The number of benzene rings is 1. The summed E-state index contributed by atoms with van der Waals surface area (Å²) in [5.74, 6) is -0.0545. The highest BCUT2D eigenvalue weighted by atomic mass is 16.2. The maximum Gasteiger partial charge on any atom is 0.315 e. The Morgan fingerprint density at radius 2 is 1.81 bits per heavy atom. The lowest BCUT2D eigenvalue weighted by molar-refractivity contribution is -0.120. The van der Waals surface area contributed by atoms with Crippen molar-refractivity contribution in [1.29, 1.82) is 0 Å². The van der Waals surface area contributed by atoms with Gasteiger partial charge in [-0.1, -0.05) is 43.5 Å². The summed E-state index contributed by atoms with van der Waals surface area (Å²) in [6.07, 6.45) is 8.53. The van der Waals surface area contributed by atoms with E-state index in [9.17, 15) is 9.59 Å². The van der Waals surface area contributed by atoms with E-state index >= 15 is 0 Å². The van der Waals surface area contributed by atoms with E-state index in [0.717, 1.165) is 35.7 Å². The average molecular weight is 368 g/mol. The van der Waals surface area contributed by atoms with E-state index in [2.05, 4.69) is 20.9 Å². The van der Waals surface area contributed by atoms with Crippen LogP contribution in [0.15, 0.2) is 36.5 Å². The zero-order valence-electron chi connectivity index (χ0n) is 15.7. The molecule has 3 N–H and O–H groups in total. The van der Waals surface area contributed by atoms with Gasteiger partial charge in [-0.2, -0.15) is 0 Å². The number of nitrogens with zero attached hydrogens (tertiary/aromatic N) is 1. The van der Waals surface area contributed by atoms with E-state index in [1.54, 1.807) is 6.20 Å². The first-order valence-electron chi connectivity index (χ1n) is 9.86. The Hall–Kier alpha value is -2.63. The molecule has 1 heterocycles. The van der Waals surface area contributed by atoms with Gasteiger partial charge < -0.3 is 16.0 Å². The van der Waals surface area contributed by atoms with E-state index in [-0.39, 0.29) is 24.4 Å². The molecule has 0 atom stereocenters. The van der Waals surface area contributed by atoms with Crippen LogP contribution in [0.1, 0.15) is 44.1 Å². The molecule has 1 aromatic heterocycles. The van der Waals surface area contributed by atoms with E-state index < -0.39 is 0 Å². The SMILES string of the molecule is O=C(CCNC(=O)NC1CCCCC1)NCCc1cccc2cccnc12. The molecule has 2 aromatic rings. The van der Waals surface area contributed by atoms with Crippen molar-refractivity contribution in [2.45, 2.75) is 51.0 Å². The second-order valence-corrected chi connectivity index (χ2v) is 7.08. The summed E-state index contributed by atoms with van der Waals surface area (Å²) in [4.78, 5) is 28.3. The highest BCUT2D eigenvalue weighted by molar-refractivity contribution is 5.82. The summed E-state index contributed by atoms with van der Waals surface area (Å²) in [5.41, 5.74) is 2.11. The number of hydrogen-bond donors (Lipinski definition) is 3. The van der Waals surface area contributed by atoms with Gasteiger partial charge in [0, 0.05) is 37.1 Å². The first-order valence-corrected chi connectivity index (χ1v) is 9.86. The van der Waals surface area contributed by atoms with Gasteiger partial charge in [0.05, 0.1) is 5.52 Å². The molecule has 144 valence electrons. The molecule has 1 fully saturated rings. The summed E-state index contributed by atoms with van der Waals surface area (Å²) in [6.45, 7) is 0.906. The van der Waals surface area contributed by atoms with Gasteiger partial charge in [0.15, 0.2) is 0 Å². The molecule has 1 aliphatic carbocycles. The molecule has 6 nitrogen and oxygen atoms in total. The molecule has 0 bridgehead atoms. The zero-order chi connectivity index (χ0) is 18.9. The number of aromatic nitrogens is 1. The minimum atomic E-state index is -0.170. The number of rotatable bonds is 7. The number of carbonyl (C=O) groups is 2. The average Bonchev–Trinajstić information content (AvgIpc) is 2.69. The summed E-state index contributed by atoms with van der Waals surface area (Å²) in [5, 5.41) is 9.78. The Kier molecular flexibility index (Phi) is 7.02. The Morgan fingerprint density at radius 1 is 1.00 bits per heavy atom. The van der Waals surface area contributed by atoms with E-state index in [4.69, 9.17) is 0 Å². The van der Waals surface area contributed by atoms with Gasteiger partial charge in [0.1, 0.15) is 0 Å². The topological polar surface area (TPSA) is 83.1 Å². The van der Waals surface area contributed by atoms with Crippen molar-refractivity contribution in [1.82, 2.24) is 20.9 Å². The van der Waals surface area contributed by atoms with Gasteiger partial charge in [-0.15, -0.1) is 0 Å². The van der Waals surface area contributed by atoms with Crippen molar-refractivity contribution < 1.29 is 9.59 Å². The van der Waals surface area contributed by atoms with Gasteiger partial charge in [0.25, 0.3) is 0 Å². The quantitative estimate of drug-likeness (QED) is 0.703. The molecule has 1 aliphatic rings. The van der Waals surface area contributed by atoms with Crippen LogP contribution in [-0.2, 0) is 11.2 Å². The standard InChI is InChI=1S/C21H28N4O2/c26-19(12-15-24-21(27)25-18-9-2-1-3-10-18)22-14-11-17-7-4-6-16-8-5-13-23-20(16)17/h4-8,13,18H,1-3,9-12,14-15H2,(H,22,26)(H2,24,25,27). The van der Waals surface area contributed by atoms with Crippen molar-refractivity contribution in [3.63, 3.8) is 0 Å². The van der Waals surface area contributed by atoms with E-state index in [1.807, 2.05) is 30.3 Å². The Morgan fingerprint density at radius 3 is 2.67 bits per heavy atom. The molecular formula is C21H28N4O2. The summed E-state index contributed by atoms with van der Waals surface area (Å²) in [6, 6.07) is 10.2. The number of nitrogens with one attached hydrogen (secondary N) is 3. The van der Waals surface area contributed by atoms with Crippen molar-refractivity contribution in [3.05, 3.63) is 42.1 Å². The van der Waals surface area contributed by atoms with Gasteiger partial charge >= 0.3 is 6.03 Å². The van der Waals surface area contributed by atoms with Crippen LogP contribution in [0.25, 0.3) is 10.9 Å². The number of para-hydroxylation sites is 1. The fraction of sp³-hybridized carbons (Fsp3) is 0.476. The maximum absolute atomic E-state index is 12.0. The Labute approximate surface area is 160 Å². The molecule has 0 unspecified atom stereocenters. The van der Waals surface area contributed by atoms with Crippen molar-refractivity contribution >= 4 is 22.8 Å². The molecule has 1 saturated carbocycles. The van der Waals surface area contributed by atoms with Gasteiger partial charge in [-0.05, 0) is 30.9 Å². The minimum absolute atomic E-state index is 0.0545. The highest BCUT2D eigenvalue weighted by Gasteiger charge is 2.15. The Balaban J connectivity index is 1.33. The number of urea groups is 1. The number of fused-ring (bicyclic) bond motifs is 1. The largest absolute Gasteiger partial charge is 0.356 e. The molecule has 0 saturated heterocycles. The second kappa shape index (κ2) is 9.90. The molecular weight excluding hydrogens is 340 g/mol. The van der Waals surface area contributed by atoms with Crippen molar-refractivity contribution in [2.24, 2.45) is 0 Å². The third kappa shape index (κ3) is 5.94. The van der Waals surface area contributed by atoms with Gasteiger partial charge in [-0.25, -0.2) is 4.79 Å². The van der Waals surface area contributed by atoms with Crippen molar-refractivity contribution in [2.75, 3.05) is 13.1 Å². The predicted octanol–water partition coefficient (Wildman–Crippen LogP) is 2.92. The van der Waals surface area contributed by atoms with E-state index in [1.165, 1.54) is 19.3 Å². The van der Waals surface area contributed by atoms with Crippen LogP contribution in [-0.4, -0.2) is 36.1 Å². The molecule has 3 amide bonds. The van der Waals surface area contributed by atoms with Crippen LogP contribution in [0.5, 0.6) is 0 Å². The summed E-state index contributed by atoms with van der Waals surface area (Å²) >= 11 is 0. The van der Waals surface area contributed by atoms with Crippen LogP contribution < -0.4 is 16.0 Å². The Bertz CT molecular complexity index is 766. The fourth-order valence-electron chi connectivity index (χ4n) is 3.57. The second-order valence-electron chi connectivity index (χ2n) is 7.08. The monoisotopic (exact) mass is 368 g/mol. The summed E-state index contributed by atoms with van der Waals surface area (Å²) in [7, 11) is 0. The van der Waals surface area contributed by atoms with Gasteiger partial charge in [0.2, 0.25) is 5.91 Å². The zero-order valence-corrected chi connectivity index (χ0v) is 15.7. The molecule has 27 heavy (non-hydrogen) atoms. The summed E-state index contributed by atoms with van der Waals surface area (Å²) < 4.78 is 0. The number of pyridine rings is 1. The lowest BCUT2D eigenvalue weighted by Gasteiger charge is -2.22. The molecule has 0 radical (unpaired) electrons. The highest BCUT2D eigenvalue weighted by Crippen LogP contribution is 2.17. The predicted molar refractivity (Wildman–Crippen MR) is 106 cm³/mol. The first-order chi connectivity index (χ1) is 13.2. The van der Waals surface area contributed by atoms with Crippen LogP contribution in [0.4, 0.5) is 4.79 Å². The normalized spacial score (nSPS) is 14.7. The smallest absolute Gasteiger partial charge is 0.315 e. The van der Waals surface area contributed by atoms with Crippen LogP contribution >= 0.6 is 0 Å². The lowest BCUT2D eigenvalue weighted by Crippen LogP contribution is -2.43. The molecule has 3 rings (SSSR count). The molecule has 0 spiro atoms. The van der Waals surface area contributed by atoms with Crippen LogP contribution in [0.2, 0.25) is 0 Å². The maximum atomic E-state index is 12.0. The molecule has 6 heteroatoms.